The van der Waals surface area contributed by atoms with Crippen molar-refractivity contribution in [3.8, 4) is 5.75 Å². The smallest absolute Gasteiger partial charge is 0.248 e. The van der Waals surface area contributed by atoms with E-state index in [9.17, 15) is 4.79 Å². The van der Waals surface area contributed by atoms with Crippen molar-refractivity contribution in [2.45, 2.75) is 6.92 Å². The maximum atomic E-state index is 11.8. The molecule has 0 aliphatic heterocycles. The lowest BCUT2D eigenvalue weighted by molar-refractivity contribution is -0.111. The molecule has 0 aliphatic carbocycles. The number of amides is 1. The second-order valence-corrected chi connectivity index (χ2v) is 3.99. The number of aryl methyl sites for hydroxylation is 1. The van der Waals surface area contributed by atoms with Gasteiger partial charge in [-0.2, -0.15) is 0 Å². The molecule has 2 rings (SSSR count). The summed E-state index contributed by atoms with van der Waals surface area (Å²) in [6.45, 7) is 1.91. The van der Waals surface area contributed by atoms with Crippen LogP contribution in [0.3, 0.4) is 0 Å². The lowest BCUT2D eigenvalue weighted by Crippen LogP contribution is -2.10. The van der Waals surface area contributed by atoms with Crippen molar-refractivity contribution in [3.05, 3.63) is 54.0 Å². The van der Waals surface area contributed by atoms with Gasteiger partial charge in [-0.25, -0.2) is 0 Å². The summed E-state index contributed by atoms with van der Waals surface area (Å²) >= 11 is 0. The van der Waals surface area contributed by atoms with E-state index in [0.717, 1.165) is 5.56 Å². The van der Waals surface area contributed by atoms with E-state index in [1.54, 1.807) is 37.6 Å². The molecular weight excluding hydrogens is 242 g/mol. The molecule has 19 heavy (non-hydrogen) atoms. The lowest BCUT2D eigenvalue weighted by atomic mass is 10.2. The van der Waals surface area contributed by atoms with E-state index >= 15 is 0 Å². The number of para-hydroxylation sites is 1. The molecule has 0 aliphatic rings. The highest BCUT2D eigenvalue weighted by atomic mass is 16.5. The van der Waals surface area contributed by atoms with Gasteiger partial charge in [0, 0.05) is 6.08 Å². The fraction of sp³-hybridized carbons (Fsp3) is 0.133. The number of carbonyl (C=O) groups excluding carboxylic acids is 1. The van der Waals surface area contributed by atoms with Gasteiger partial charge in [0.15, 0.2) is 0 Å². The fourth-order valence-corrected chi connectivity index (χ4v) is 1.68. The number of nitrogens with one attached hydrogen (secondary N) is 1. The molecule has 0 radical (unpaired) electrons. The number of anilines is 1. The Balaban J connectivity index is 2.11. The monoisotopic (exact) mass is 257 g/mol. The van der Waals surface area contributed by atoms with Gasteiger partial charge in [0.1, 0.15) is 11.5 Å². The number of ether oxygens (including phenoxy) is 1. The molecule has 1 N–H and O–H groups in total. The first-order valence-corrected chi connectivity index (χ1v) is 5.87. The summed E-state index contributed by atoms with van der Waals surface area (Å²) in [5.41, 5.74) is 1.62. The van der Waals surface area contributed by atoms with Crippen molar-refractivity contribution < 1.29 is 13.9 Å². The zero-order valence-electron chi connectivity index (χ0n) is 10.8. The van der Waals surface area contributed by atoms with Crippen LogP contribution in [0.5, 0.6) is 5.75 Å². The van der Waals surface area contributed by atoms with Crippen molar-refractivity contribution >= 4 is 17.7 Å². The highest BCUT2D eigenvalue weighted by molar-refractivity contribution is 6.03. The van der Waals surface area contributed by atoms with Crippen LogP contribution in [-0.2, 0) is 4.79 Å². The van der Waals surface area contributed by atoms with Crippen LogP contribution in [0.4, 0.5) is 5.69 Å². The van der Waals surface area contributed by atoms with Gasteiger partial charge in [-0.15, -0.1) is 0 Å². The third kappa shape index (κ3) is 3.25. The van der Waals surface area contributed by atoms with Crippen LogP contribution >= 0.6 is 0 Å². The molecule has 4 nitrogen and oxygen atoms in total. The molecule has 0 spiro atoms. The van der Waals surface area contributed by atoms with E-state index in [2.05, 4.69) is 5.32 Å². The summed E-state index contributed by atoms with van der Waals surface area (Å²) in [5, 5.41) is 2.80. The molecule has 0 fully saturated rings. The summed E-state index contributed by atoms with van der Waals surface area (Å²) in [5.74, 6) is 1.04. The lowest BCUT2D eigenvalue weighted by Gasteiger charge is -2.11. The van der Waals surface area contributed by atoms with Gasteiger partial charge < -0.3 is 14.5 Å². The quantitative estimate of drug-likeness (QED) is 0.855. The first-order chi connectivity index (χ1) is 9.20. The van der Waals surface area contributed by atoms with E-state index in [1.807, 2.05) is 19.1 Å². The second kappa shape index (κ2) is 5.91. The molecule has 1 amide bonds. The number of hydrogen-bond donors (Lipinski definition) is 1. The third-order valence-corrected chi connectivity index (χ3v) is 2.64. The highest BCUT2D eigenvalue weighted by Crippen LogP contribution is 2.27. The number of methoxy groups -OCH3 is 1. The molecular formula is C15H15NO3. The third-order valence-electron chi connectivity index (χ3n) is 2.64. The average Bonchev–Trinajstić information content (AvgIpc) is 2.92. The zero-order chi connectivity index (χ0) is 13.7. The number of furan rings is 1. The first-order valence-electron chi connectivity index (χ1n) is 5.87. The summed E-state index contributed by atoms with van der Waals surface area (Å²) in [6, 6.07) is 9.13. The average molecular weight is 257 g/mol. The predicted octanol–water partition coefficient (Wildman–Crippen LogP) is 3.25. The van der Waals surface area contributed by atoms with Crippen LogP contribution < -0.4 is 10.1 Å². The van der Waals surface area contributed by atoms with E-state index in [-0.39, 0.29) is 5.91 Å². The molecule has 1 aromatic carbocycles. The molecule has 98 valence electrons. The van der Waals surface area contributed by atoms with Crippen molar-refractivity contribution in [1.29, 1.82) is 0 Å². The normalized spacial score (nSPS) is 10.6. The first kappa shape index (κ1) is 13.0. The van der Waals surface area contributed by atoms with Crippen molar-refractivity contribution in [2.24, 2.45) is 0 Å². The van der Waals surface area contributed by atoms with E-state index in [4.69, 9.17) is 9.15 Å². The number of carbonyl (C=O) groups is 1. The van der Waals surface area contributed by atoms with Gasteiger partial charge in [-0.3, -0.25) is 4.79 Å². The Bertz CT molecular complexity index is 585. The number of rotatable bonds is 4. The molecule has 0 atom stereocenters. The number of benzene rings is 1. The van der Waals surface area contributed by atoms with Crippen LogP contribution in [0, 0.1) is 6.92 Å². The standard InChI is InChI=1S/C15H15NO3/c1-11-5-3-7-13(18-2)15(11)16-14(17)9-8-12-6-4-10-19-12/h3-10H,1-2H3,(H,16,17)/b9-8+. The van der Waals surface area contributed by atoms with Gasteiger partial charge in [0.2, 0.25) is 5.91 Å². The summed E-state index contributed by atoms with van der Waals surface area (Å²) in [6.07, 6.45) is 4.59. The topological polar surface area (TPSA) is 51.5 Å². The molecule has 2 aromatic rings. The Labute approximate surface area is 111 Å². The molecule has 4 heteroatoms. The van der Waals surface area contributed by atoms with Gasteiger partial charge in [-0.1, -0.05) is 12.1 Å². The van der Waals surface area contributed by atoms with E-state index < -0.39 is 0 Å². The largest absolute Gasteiger partial charge is 0.495 e. The van der Waals surface area contributed by atoms with E-state index in [1.165, 1.54) is 6.08 Å². The SMILES string of the molecule is COc1cccc(C)c1NC(=O)/C=C/c1ccco1. The van der Waals surface area contributed by atoms with Crippen LogP contribution in [0.2, 0.25) is 0 Å². The molecule has 0 unspecified atom stereocenters. The second-order valence-electron chi connectivity index (χ2n) is 3.99. The van der Waals surface area contributed by atoms with Crippen molar-refractivity contribution in [2.75, 3.05) is 12.4 Å². The molecule has 1 aromatic heterocycles. The van der Waals surface area contributed by atoms with Crippen molar-refractivity contribution in [1.82, 2.24) is 0 Å². The summed E-state index contributed by atoms with van der Waals surface area (Å²) < 4.78 is 10.3. The molecule has 0 bridgehead atoms. The van der Waals surface area contributed by atoms with Crippen LogP contribution in [-0.4, -0.2) is 13.0 Å². The molecule has 0 saturated carbocycles. The zero-order valence-corrected chi connectivity index (χ0v) is 10.8. The maximum Gasteiger partial charge on any atom is 0.248 e. The Morgan fingerprint density at radius 2 is 2.16 bits per heavy atom. The Kier molecular flexibility index (Phi) is 4.03. The Morgan fingerprint density at radius 1 is 1.32 bits per heavy atom. The van der Waals surface area contributed by atoms with Crippen LogP contribution in [0.25, 0.3) is 6.08 Å². The maximum absolute atomic E-state index is 11.8. The Morgan fingerprint density at radius 3 is 2.84 bits per heavy atom. The Hall–Kier alpha value is -2.49. The van der Waals surface area contributed by atoms with Crippen LogP contribution in [0.1, 0.15) is 11.3 Å². The van der Waals surface area contributed by atoms with Gasteiger partial charge in [0.25, 0.3) is 0 Å². The summed E-state index contributed by atoms with van der Waals surface area (Å²) in [4.78, 5) is 11.8. The molecule has 0 saturated heterocycles. The van der Waals surface area contributed by atoms with Gasteiger partial charge in [0.05, 0.1) is 19.1 Å². The minimum atomic E-state index is -0.232. The van der Waals surface area contributed by atoms with Gasteiger partial charge >= 0.3 is 0 Å². The number of hydrogen-bond acceptors (Lipinski definition) is 3. The van der Waals surface area contributed by atoms with E-state index in [0.29, 0.717) is 17.2 Å². The fourth-order valence-electron chi connectivity index (χ4n) is 1.68. The molecule has 1 heterocycles. The summed E-state index contributed by atoms with van der Waals surface area (Å²) in [7, 11) is 1.57. The minimum absolute atomic E-state index is 0.232. The predicted molar refractivity (Wildman–Crippen MR) is 74.1 cm³/mol. The minimum Gasteiger partial charge on any atom is -0.495 e. The highest BCUT2D eigenvalue weighted by Gasteiger charge is 2.07. The van der Waals surface area contributed by atoms with Gasteiger partial charge in [-0.05, 0) is 36.8 Å². The van der Waals surface area contributed by atoms with Crippen molar-refractivity contribution in [3.63, 3.8) is 0 Å². The van der Waals surface area contributed by atoms with Crippen LogP contribution in [0.15, 0.2) is 47.1 Å².